The molecule has 154 valence electrons. The summed E-state index contributed by atoms with van der Waals surface area (Å²) < 4.78 is 42.7. The highest BCUT2D eigenvalue weighted by Crippen LogP contribution is 2.21. The molecule has 1 fully saturated rings. The summed E-state index contributed by atoms with van der Waals surface area (Å²) >= 11 is 0. The van der Waals surface area contributed by atoms with Crippen molar-refractivity contribution in [1.29, 1.82) is 0 Å². The molecule has 0 spiro atoms. The lowest BCUT2D eigenvalue weighted by Gasteiger charge is -2.42. The number of amidine groups is 1. The van der Waals surface area contributed by atoms with E-state index in [0.29, 0.717) is 0 Å². The predicted octanol–water partition coefficient (Wildman–Crippen LogP) is 0.943. The first-order chi connectivity index (χ1) is 12.5. The summed E-state index contributed by atoms with van der Waals surface area (Å²) in [7, 11) is 1.17. The van der Waals surface area contributed by atoms with Crippen molar-refractivity contribution < 1.29 is 27.5 Å². The van der Waals surface area contributed by atoms with Crippen LogP contribution >= 0.6 is 0 Å². The average molecular weight is 393 g/mol. The quantitative estimate of drug-likeness (QED) is 0.517. The fourth-order valence-corrected chi connectivity index (χ4v) is 2.82. The highest BCUT2D eigenvalue weighted by atomic mass is 19.4. The van der Waals surface area contributed by atoms with Crippen LogP contribution in [-0.2, 0) is 9.53 Å². The summed E-state index contributed by atoms with van der Waals surface area (Å²) in [6.45, 7) is 5.68. The van der Waals surface area contributed by atoms with Crippen LogP contribution in [0.3, 0.4) is 0 Å². The Morgan fingerprint density at radius 3 is 2.52 bits per heavy atom. The molecule has 11 heteroatoms. The van der Waals surface area contributed by atoms with Gasteiger partial charge in [-0.15, -0.1) is 0 Å². The molecule has 1 rings (SSSR count). The summed E-state index contributed by atoms with van der Waals surface area (Å²) in [6, 6.07) is -1.78. The number of carbonyl (C=O) groups excluding carboxylic acids is 2. The SMILES string of the molecule is C=CN=C(N)[C@@H]1CN(CC(F)(F)F)CCN1C(=O)[C@@H](NC(=O)OC)C(C)C. The molecule has 1 heterocycles. The van der Waals surface area contributed by atoms with Crippen molar-refractivity contribution in [2.45, 2.75) is 32.1 Å². The number of halogens is 3. The van der Waals surface area contributed by atoms with Gasteiger partial charge < -0.3 is 20.7 Å². The minimum Gasteiger partial charge on any atom is -0.453 e. The smallest absolute Gasteiger partial charge is 0.407 e. The van der Waals surface area contributed by atoms with Crippen LogP contribution < -0.4 is 11.1 Å². The molecule has 27 heavy (non-hydrogen) atoms. The van der Waals surface area contributed by atoms with Crippen molar-refractivity contribution >= 4 is 17.8 Å². The molecule has 2 atom stereocenters. The highest BCUT2D eigenvalue weighted by Gasteiger charge is 2.40. The van der Waals surface area contributed by atoms with E-state index in [1.165, 1.54) is 12.0 Å². The molecule has 0 saturated carbocycles. The Balaban J connectivity index is 3.07. The summed E-state index contributed by atoms with van der Waals surface area (Å²) in [6.07, 6.45) is -3.98. The van der Waals surface area contributed by atoms with Crippen molar-refractivity contribution in [3.05, 3.63) is 12.8 Å². The van der Waals surface area contributed by atoms with Crippen molar-refractivity contribution in [1.82, 2.24) is 15.1 Å². The molecule has 1 aliphatic rings. The van der Waals surface area contributed by atoms with E-state index >= 15 is 0 Å². The van der Waals surface area contributed by atoms with Crippen LogP contribution in [-0.4, -0.2) is 79.2 Å². The van der Waals surface area contributed by atoms with Gasteiger partial charge in [-0.05, 0) is 5.92 Å². The first-order valence-corrected chi connectivity index (χ1v) is 8.38. The van der Waals surface area contributed by atoms with Crippen molar-refractivity contribution in [3.63, 3.8) is 0 Å². The Morgan fingerprint density at radius 1 is 1.41 bits per heavy atom. The summed E-state index contributed by atoms with van der Waals surface area (Å²) in [5.41, 5.74) is 5.88. The molecule has 1 aliphatic heterocycles. The van der Waals surface area contributed by atoms with Crippen LogP contribution in [0.15, 0.2) is 17.8 Å². The number of hydrogen-bond acceptors (Lipinski definition) is 5. The van der Waals surface area contributed by atoms with Gasteiger partial charge in [0, 0.05) is 25.8 Å². The number of aliphatic imine (C=N–C) groups is 1. The second-order valence-electron chi connectivity index (χ2n) is 6.49. The number of nitrogens with one attached hydrogen (secondary N) is 1. The first kappa shape index (κ1) is 22.7. The Kier molecular flexibility index (Phi) is 8.07. The molecule has 0 unspecified atom stereocenters. The van der Waals surface area contributed by atoms with E-state index in [1.54, 1.807) is 13.8 Å². The molecular formula is C16H26F3N5O3. The summed E-state index contributed by atoms with van der Waals surface area (Å²) in [4.78, 5) is 30.9. The molecule has 3 N–H and O–H groups in total. The number of alkyl halides is 3. The standard InChI is InChI=1S/C16H26F3N5O3/c1-5-21-13(20)11-8-23(9-16(17,18)19)6-7-24(11)14(25)12(10(2)3)22-15(26)27-4/h5,10-12H,1,6-9H2,2-4H3,(H2,20,21)(H,22,26)/t11-,12-/m0/s1. The maximum absolute atomic E-state index is 13.0. The fraction of sp³-hybridized carbons (Fsp3) is 0.688. The van der Waals surface area contributed by atoms with Crippen molar-refractivity contribution in [2.24, 2.45) is 16.6 Å². The maximum Gasteiger partial charge on any atom is 0.407 e. The highest BCUT2D eigenvalue weighted by molar-refractivity contribution is 5.93. The average Bonchev–Trinajstić information content (AvgIpc) is 2.57. The number of nitrogens with zero attached hydrogens (tertiary/aromatic N) is 3. The van der Waals surface area contributed by atoms with Gasteiger partial charge in [-0.25, -0.2) is 9.79 Å². The van der Waals surface area contributed by atoms with Crippen LogP contribution in [0, 0.1) is 5.92 Å². The lowest BCUT2D eigenvalue weighted by Crippen LogP contribution is -2.64. The molecule has 0 aliphatic carbocycles. The number of amides is 2. The van der Waals surface area contributed by atoms with Gasteiger partial charge in [0.05, 0.1) is 13.7 Å². The monoisotopic (exact) mass is 393 g/mol. The lowest BCUT2D eigenvalue weighted by molar-refractivity contribution is -0.154. The van der Waals surface area contributed by atoms with E-state index in [-0.39, 0.29) is 31.4 Å². The predicted molar refractivity (Wildman–Crippen MR) is 94.0 cm³/mol. The number of nitrogens with two attached hydrogens (primary N) is 1. The van der Waals surface area contributed by atoms with Crippen molar-refractivity contribution in [3.8, 4) is 0 Å². The number of hydrogen-bond donors (Lipinski definition) is 2. The van der Waals surface area contributed by atoms with Gasteiger partial charge in [-0.1, -0.05) is 20.4 Å². The van der Waals surface area contributed by atoms with E-state index in [9.17, 15) is 22.8 Å². The number of carbonyl (C=O) groups is 2. The van der Waals surface area contributed by atoms with Crippen LogP contribution in [0.25, 0.3) is 0 Å². The van der Waals surface area contributed by atoms with Gasteiger partial charge in [0.25, 0.3) is 0 Å². The Morgan fingerprint density at radius 2 is 2.04 bits per heavy atom. The van der Waals surface area contributed by atoms with Gasteiger partial charge in [-0.3, -0.25) is 9.69 Å². The van der Waals surface area contributed by atoms with Crippen LogP contribution in [0.1, 0.15) is 13.8 Å². The molecule has 0 aromatic carbocycles. The normalized spacial score (nSPS) is 20.3. The summed E-state index contributed by atoms with van der Waals surface area (Å²) in [5, 5.41) is 2.46. The number of alkyl carbamates (subject to hydrolysis) is 1. The zero-order valence-corrected chi connectivity index (χ0v) is 15.6. The number of piperazine rings is 1. The van der Waals surface area contributed by atoms with E-state index in [2.05, 4.69) is 21.6 Å². The zero-order valence-electron chi connectivity index (χ0n) is 15.6. The van der Waals surface area contributed by atoms with Gasteiger partial charge in [0.1, 0.15) is 17.9 Å². The van der Waals surface area contributed by atoms with Gasteiger partial charge in [0.15, 0.2) is 0 Å². The van der Waals surface area contributed by atoms with Crippen LogP contribution in [0.5, 0.6) is 0 Å². The number of methoxy groups -OCH3 is 1. The second-order valence-corrected chi connectivity index (χ2v) is 6.49. The lowest BCUT2D eigenvalue weighted by atomic mass is 10.0. The van der Waals surface area contributed by atoms with Crippen molar-refractivity contribution in [2.75, 3.05) is 33.3 Å². The van der Waals surface area contributed by atoms with Crippen LogP contribution in [0.4, 0.5) is 18.0 Å². The number of rotatable bonds is 6. The van der Waals surface area contributed by atoms with Gasteiger partial charge in [-0.2, -0.15) is 13.2 Å². The Hall–Kier alpha value is -2.30. The fourth-order valence-electron chi connectivity index (χ4n) is 2.82. The molecular weight excluding hydrogens is 367 g/mol. The largest absolute Gasteiger partial charge is 0.453 e. The molecule has 1 saturated heterocycles. The third kappa shape index (κ3) is 6.74. The molecule has 8 nitrogen and oxygen atoms in total. The van der Waals surface area contributed by atoms with Crippen LogP contribution in [0.2, 0.25) is 0 Å². The van der Waals surface area contributed by atoms with E-state index in [4.69, 9.17) is 5.73 Å². The summed E-state index contributed by atoms with van der Waals surface area (Å²) in [5.74, 6) is -0.761. The Labute approximate surface area is 156 Å². The molecule has 0 bridgehead atoms. The Bertz CT molecular complexity index is 580. The van der Waals surface area contributed by atoms with Gasteiger partial charge >= 0.3 is 12.3 Å². The molecule has 0 radical (unpaired) electrons. The maximum atomic E-state index is 13.0. The van der Waals surface area contributed by atoms with E-state index < -0.39 is 36.8 Å². The van der Waals surface area contributed by atoms with E-state index in [1.807, 2.05) is 0 Å². The van der Waals surface area contributed by atoms with Gasteiger partial charge in [0.2, 0.25) is 5.91 Å². The molecule has 2 amide bonds. The second kappa shape index (κ2) is 9.58. The minimum absolute atomic E-state index is 0.0129. The topological polar surface area (TPSA) is 100 Å². The third-order valence-corrected chi connectivity index (χ3v) is 4.12. The third-order valence-electron chi connectivity index (χ3n) is 4.12. The molecule has 0 aromatic heterocycles. The van der Waals surface area contributed by atoms with E-state index in [0.717, 1.165) is 11.1 Å². The first-order valence-electron chi connectivity index (χ1n) is 8.38. The minimum atomic E-state index is -4.37. The number of ether oxygens (including phenoxy) is 1. The molecule has 0 aromatic rings. The zero-order chi connectivity index (χ0) is 20.8.